The van der Waals surface area contributed by atoms with Crippen molar-refractivity contribution in [3.05, 3.63) is 35.4 Å². The van der Waals surface area contributed by atoms with E-state index in [9.17, 15) is 4.79 Å². The Morgan fingerprint density at radius 3 is 2.76 bits per heavy atom. The van der Waals surface area contributed by atoms with E-state index in [1.54, 1.807) is 0 Å². The molecule has 0 radical (unpaired) electrons. The summed E-state index contributed by atoms with van der Waals surface area (Å²) in [6, 6.07) is 7.71. The highest BCUT2D eigenvalue weighted by Crippen LogP contribution is 2.27. The minimum atomic E-state index is 0.140. The van der Waals surface area contributed by atoms with Crippen LogP contribution < -0.4 is 11.1 Å². The van der Waals surface area contributed by atoms with Crippen LogP contribution in [0.5, 0.6) is 0 Å². The Kier molecular flexibility index (Phi) is 6.18. The molecule has 0 heterocycles. The van der Waals surface area contributed by atoms with Crippen molar-refractivity contribution in [1.82, 2.24) is 5.32 Å². The lowest BCUT2D eigenvalue weighted by molar-refractivity contribution is -0.121. The van der Waals surface area contributed by atoms with Gasteiger partial charge in [0.05, 0.1) is 0 Å². The molecule has 2 rings (SSSR count). The summed E-state index contributed by atoms with van der Waals surface area (Å²) in [4.78, 5) is 12.3. The number of carbonyl (C=O) groups excluding carboxylic acids is 1. The maximum atomic E-state index is 11.9. The van der Waals surface area contributed by atoms with Crippen LogP contribution in [0.15, 0.2) is 24.3 Å². The molecule has 0 saturated heterocycles. The fourth-order valence-corrected chi connectivity index (χ4v) is 3.06. The number of carbonyl (C=O) groups is 1. The van der Waals surface area contributed by atoms with E-state index in [2.05, 4.69) is 5.32 Å². The molecule has 0 aromatic heterocycles. The molecule has 1 amide bonds. The Morgan fingerprint density at radius 1 is 1.29 bits per heavy atom. The molecule has 1 aliphatic rings. The van der Waals surface area contributed by atoms with Gasteiger partial charge < -0.3 is 11.1 Å². The zero-order valence-corrected chi connectivity index (χ0v) is 13.3. The summed E-state index contributed by atoms with van der Waals surface area (Å²) in [5, 5.41) is 2.98. The third-order valence-electron chi connectivity index (χ3n) is 4.21. The maximum absolute atomic E-state index is 11.9. The summed E-state index contributed by atoms with van der Waals surface area (Å²) in [6.45, 7) is 0.542. The van der Waals surface area contributed by atoms with Crippen LogP contribution in [-0.4, -0.2) is 10.9 Å². The number of amides is 1. The maximum Gasteiger partial charge on any atom is 0.220 e. The van der Waals surface area contributed by atoms with Crippen molar-refractivity contribution in [3.8, 4) is 0 Å². The van der Waals surface area contributed by atoms with Crippen molar-refractivity contribution in [2.75, 3.05) is 0 Å². The molecular weight excluding hydrogens is 280 g/mol. The van der Waals surface area contributed by atoms with Crippen LogP contribution >= 0.6 is 12.2 Å². The zero-order chi connectivity index (χ0) is 15.1. The summed E-state index contributed by atoms with van der Waals surface area (Å²) in [6.07, 6.45) is 8.28. The number of benzene rings is 1. The Labute approximate surface area is 132 Å². The summed E-state index contributed by atoms with van der Waals surface area (Å²) >= 11 is 4.96. The lowest BCUT2D eigenvalue weighted by atomic mass is 9.86. The van der Waals surface area contributed by atoms with Gasteiger partial charge in [-0.3, -0.25) is 4.79 Å². The molecule has 3 nitrogen and oxygen atoms in total. The molecule has 0 spiro atoms. The van der Waals surface area contributed by atoms with Gasteiger partial charge in [0, 0.05) is 18.5 Å². The van der Waals surface area contributed by atoms with Gasteiger partial charge >= 0.3 is 0 Å². The van der Waals surface area contributed by atoms with E-state index < -0.39 is 0 Å². The average Bonchev–Trinajstić information content (AvgIpc) is 2.52. The minimum absolute atomic E-state index is 0.140. The van der Waals surface area contributed by atoms with E-state index in [-0.39, 0.29) is 5.91 Å². The SMILES string of the molecule is NC(=S)c1cccc(CNC(=O)CCC2CCCCC2)c1. The Bertz CT molecular complexity index is 495. The van der Waals surface area contributed by atoms with E-state index in [1.165, 1.54) is 32.1 Å². The molecule has 3 N–H and O–H groups in total. The van der Waals surface area contributed by atoms with Gasteiger partial charge in [-0.2, -0.15) is 0 Å². The lowest BCUT2D eigenvalue weighted by Gasteiger charge is -2.21. The third kappa shape index (κ3) is 5.46. The van der Waals surface area contributed by atoms with Gasteiger partial charge in [-0.25, -0.2) is 0 Å². The van der Waals surface area contributed by atoms with Crippen LogP contribution in [0, 0.1) is 5.92 Å². The number of nitrogens with one attached hydrogen (secondary N) is 1. The van der Waals surface area contributed by atoms with Crippen molar-refractivity contribution in [1.29, 1.82) is 0 Å². The van der Waals surface area contributed by atoms with Gasteiger partial charge in [-0.05, 0) is 24.0 Å². The van der Waals surface area contributed by atoms with Gasteiger partial charge in [0.2, 0.25) is 5.91 Å². The van der Waals surface area contributed by atoms with Gasteiger partial charge in [-0.1, -0.05) is 62.5 Å². The average molecular weight is 304 g/mol. The number of hydrogen-bond donors (Lipinski definition) is 2. The molecule has 21 heavy (non-hydrogen) atoms. The Morgan fingerprint density at radius 2 is 2.05 bits per heavy atom. The summed E-state index contributed by atoms with van der Waals surface area (Å²) in [5.41, 5.74) is 7.49. The molecule has 1 aromatic carbocycles. The van der Waals surface area contributed by atoms with Crippen molar-refractivity contribution in [3.63, 3.8) is 0 Å². The highest BCUT2D eigenvalue weighted by molar-refractivity contribution is 7.80. The van der Waals surface area contributed by atoms with Crippen molar-refractivity contribution >= 4 is 23.1 Å². The molecule has 0 aliphatic heterocycles. The van der Waals surface area contributed by atoms with Crippen molar-refractivity contribution < 1.29 is 4.79 Å². The first kappa shape index (κ1) is 16.0. The quantitative estimate of drug-likeness (QED) is 0.793. The highest BCUT2D eigenvalue weighted by atomic mass is 32.1. The van der Waals surface area contributed by atoms with Gasteiger partial charge in [0.25, 0.3) is 0 Å². The zero-order valence-electron chi connectivity index (χ0n) is 12.4. The molecule has 114 valence electrons. The molecular formula is C17H24N2OS. The standard InChI is InChI=1S/C17H24N2OS/c18-17(21)15-8-4-7-14(11-15)12-19-16(20)10-9-13-5-2-1-3-6-13/h4,7-8,11,13H,1-3,5-6,9-10,12H2,(H2,18,21)(H,19,20). The van der Waals surface area contributed by atoms with Crippen LogP contribution in [0.3, 0.4) is 0 Å². The van der Waals surface area contributed by atoms with Crippen LogP contribution in [0.4, 0.5) is 0 Å². The number of nitrogens with two attached hydrogens (primary N) is 1. The number of rotatable bonds is 6. The minimum Gasteiger partial charge on any atom is -0.389 e. The number of thiocarbonyl (C=S) groups is 1. The topological polar surface area (TPSA) is 55.1 Å². The van der Waals surface area contributed by atoms with E-state index in [1.807, 2.05) is 24.3 Å². The van der Waals surface area contributed by atoms with Crippen molar-refractivity contribution in [2.45, 2.75) is 51.5 Å². The fourth-order valence-electron chi connectivity index (χ4n) is 2.93. The first-order valence-electron chi connectivity index (χ1n) is 7.80. The fraction of sp³-hybridized carbons (Fsp3) is 0.529. The molecule has 4 heteroatoms. The van der Waals surface area contributed by atoms with Crippen LogP contribution in [-0.2, 0) is 11.3 Å². The molecule has 0 unspecified atom stereocenters. The second-order valence-electron chi connectivity index (χ2n) is 5.88. The summed E-state index contributed by atoms with van der Waals surface area (Å²) in [5.74, 6) is 0.892. The highest BCUT2D eigenvalue weighted by Gasteiger charge is 2.14. The molecule has 0 atom stereocenters. The molecule has 1 fully saturated rings. The molecule has 1 saturated carbocycles. The van der Waals surface area contributed by atoms with Gasteiger partial charge in [-0.15, -0.1) is 0 Å². The first-order chi connectivity index (χ1) is 10.1. The van der Waals surface area contributed by atoms with E-state index in [0.717, 1.165) is 23.5 Å². The third-order valence-corrected chi connectivity index (χ3v) is 4.44. The van der Waals surface area contributed by atoms with Gasteiger partial charge in [0.15, 0.2) is 0 Å². The Balaban J connectivity index is 1.73. The summed E-state index contributed by atoms with van der Waals surface area (Å²) in [7, 11) is 0. The molecule has 1 aromatic rings. The van der Waals surface area contributed by atoms with E-state index in [4.69, 9.17) is 18.0 Å². The molecule has 0 bridgehead atoms. The second kappa shape index (κ2) is 8.13. The lowest BCUT2D eigenvalue weighted by Crippen LogP contribution is -2.23. The monoisotopic (exact) mass is 304 g/mol. The summed E-state index contributed by atoms with van der Waals surface area (Å²) < 4.78 is 0. The van der Waals surface area contributed by atoms with Crippen LogP contribution in [0.2, 0.25) is 0 Å². The largest absolute Gasteiger partial charge is 0.389 e. The van der Waals surface area contributed by atoms with E-state index >= 15 is 0 Å². The first-order valence-corrected chi connectivity index (χ1v) is 8.21. The van der Waals surface area contributed by atoms with Crippen LogP contribution in [0.1, 0.15) is 56.1 Å². The Hall–Kier alpha value is -1.42. The predicted molar refractivity (Wildman–Crippen MR) is 90.0 cm³/mol. The predicted octanol–water partition coefficient (Wildman–Crippen LogP) is 3.30. The number of hydrogen-bond acceptors (Lipinski definition) is 2. The normalized spacial score (nSPS) is 15.6. The smallest absolute Gasteiger partial charge is 0.220 e. The second-order valence-corrected chi connectivity index (χ2v) is 6.32. The van der Waals surface area contributed by atoms with E-state index in [0.29, 0.717) is 18.0 Å². The van der Waals surface area contributed by atoms with Gasteiger partial charge in [0.1, 0.15) is 4.99 Å². The molecule has 1 aliphatic carbocycles. The van der Waals surface area contributed by atoms with Crippen molar-refractivity contribution in [2.24, 2.45) is 11.7 Å². The van der Waals surface area contributed by atoms with Crippen LogP contribution in [0.25, 0.3) is 0 Å².